The Hall–Kier alpha value is -1.55. The fourth-order valence-corrected chi connectivity index (χ4v) is 1.68. The van der Waals surface area contributed by atoms with Crippen molar-refractivity contribution in [2.45, 2.75) is 47.7 Å². The predicted octanol–water partition coefficient (Wildman–Crippen LogP) is 3.66. The lowest BCUT2D eigenvalue weighted by molar-refractivity contribution is -0.132. The number of carbonyl (C=O) groups excluding carboxylic acids is 2. The van der Waals surface area contributed by atoms with E-state index in [2.05, 4.69) is 10.6 Å². The topological polar surface area (TPSA) is 58.2 Å². The Morgan fingerprint density at radius 1 is 0.864 bits per heavy atom. The third kappa shape index (κ3) is 5.34. The van der Waals surface area contributed by atoms with Crippen molar-refractivity contribution in [3.63, 3.8) is 0 Å². The minimum atomic E-state index is -0.587. The van der Waals surface area contributed by atoms with E-state index in [0.717, 1.165) is 5.56 Å². The predicted molar refractivity (Wildman–Crippen MR) is 89.4 cm³/mol. The number of benzene rings is 1. The Labute approximate surface area is 137 Å². The van der Waals surface area contributed by atoms with Gasteiger partial charge < -0.3 is 10.6 Å². The molecule has 0 radical (unpaired) electrons. The lowest BCUT2D eigenvalue weighted by Gasteiger charge is -2.28. The molecule has 0 aromatic heterocycles. The number of nitrogens with one attached hydrogen (secondary N) is 2. The minimum Gasteiger partial charge on any atom is -0.332 e. The molecule has 2 amide bonds. The van der Waals surface area contributed by atoms with Gasteiger partial charge in [0.1, 0.15) is 6.17 Å². The Kier molecular flexibility index (Phi) is 5.63. The normalized spacial score (nSPS) is 12.2. The standard InChI is InChI=1S/C17H25ClN2O2/c1-16(2,3)14(21)19-13(20-15(22)17(4,5)6)11-7-9-12(18)10-8-11/h7-10,13H,1-6H3,(H,19,21)(H,20,22). The number of halogens is 1. The van der Waals surface area contributed by atoms with Gasteiger partial charge in [0.15, 0.2) is 0 Å². The molecule has 0 atom stereocenters. The summed E-state index contributed by atoms with van der Waals surface area (Å²) in [4.78, 5) is 24.5. The highest BCUT2D eigenvalue weighted by atomic mass is 35.5. The van der Waals surface area contributed by atoms with Crippen LogP contribution in [0.3, 0.4) is 0 Å². The van der Waals surface area contributed by atoms with Gasteiger partial charge in [-0.15, -0.1) is 0 Å². The van der Waals surface area contributed by atoms with Crippen LogP contribution in [0.5, 0.6) is 0 Å². The van der Waals surface area contributed by atoms with Crippen molar-refractivity contribution in [1.29, 1.82) is 0 Å². The molecular formula is C17H25ClN2O2. The van der Waals surface area contributed by atoms with Crippen molar-refractivity contribution in [2.24, 2.45) is 10.8 Å². The third-order valence-electron chi connectivity index (χ3n) is 3.12. The smallest absolute Gasteiger partial charge is 0.227 e. The summed E-state index contributed by atoms with van der Waals surface area (Å²) in [6.07, 6.45) is -0.587. The molecule has 0 fully saturated rings. The van der Waals surface area contributed by atoms with Gasteiger partial charge in [-0.05, 0) is 17.7 Å². The summed E-state index contributed by atoms with van der Waals surface area (Å²) in [5.41, 5.74) is -0.312. The van der Waals surface area contributed by atoms with Gasteiger partial charge in [0.05, 0.1) is 0 Å². The van der Waals surface area contributed by atoms with Crippen LogP contribution in [0.1, 0.15) is 53.3 Å². The molecule has 0 saturated heterocycles. The van der Waals surface area contributed by atoms with Crippen LogP contribution in [0.15, 0.2) is 24.3 Å². The first-order chi connectivity index (χ1) is 9.91. The largest absolute Gasteiger partial charge is 0.332 e. The van der Waals surface area contributed by atoms with Crippen molar-refractivity contribution >= 4 is 23.4 Å². The Bertz CT molecular complexity index is 511. The first-order valence-electron chi connectivity index (χ1n) is 7.28. The molecule has 5 heteroatoms. The fraction of sp³-hybridized carbons (Fsp3) is 0.529. The molecule has 0 unspecified atom stereocenters. The average molecular weight is 325 g/mol. The van der Waals surface area contributed by atoms with Crippen molar-refractivity contribution in [2.75, 3.05) is 0 Å². The van der Waals surface area contributed by atoms with Crippen LogP contribution in [0.2, 0.25) is 5.02 Å². The summed E-state index contributed by atoms with van der Waals surface area (Å²) in [5, 5.41) is 6.37. The van der Waals surface area contributed by atoms with E-state index in [1.165, 1.54) is 0 Å². The van der Waals surface area contributed by atoms with E-state index in [4.69, 9.17) is 11.6 Å². The molecule has 22 heavy (non-hydrogen) atoms. The average Bonchev–Trinajstić information content (AvgIpc) is 2.36. The molecule has 1 aromatic carbocycles. The molecule has 122 valence electrons. The maximum atomic E-state index is 12.3. The zero-order valence-corrected chi connectivity index (χ0v) is 14.8. The third-order valence-corrected chi connectivity index (χ3v) is 3.37. The molecule has 2 N–H and O–H groups in total. The van der Waals surface area contributed by atoms with Gasteiger partial charge in [-0.25, -0.2) is 0 Å². The molecule has 1 aromatic rings. The lowest BCUT2D eigenvalue weighted by atomic mass is 9.94. The summed E-state index contributed by atoms with van der Waals surface area (Å²) >= 11 is 5.90. The van der Waals surface area contributed by atoms with Crippen LogP contribution in [0.25, 0.3) is 0 Å². The van der Waals surface area contributed by atoms with Crippen LogP contribution >= 0.6 is 11.6 Å². The van der Waals surface area contributed by atoms with Gasteiger partial charge in [-0.1, -0.05) is 65.3 Å². The van der Waals surface area contributed by atoms with Crippen LogP contribution < -0.4 is 10.6 Å². The highest BCUT2D eigenvalue weighted by Gasteiger charge is 2.28. The van der Waals surface area contributed by atoms with Crippen molar-refractivity contribution in [1.82, 2.24) is 10.6 Å². The van der Waals surface area contributed by atoms with Crippen molar-refractivity contribution in [3.8, 4) is 0 Å². The number of carbonyl (C=O) groups is 2. The van der Waals surface area contributed by atoms with Crippen LogP contribution in [-0.2, 0) is 9.59 Å². The Morgan fingerprint density at radius 3 is 1.55 bits per heavy atom. The Morgan fingerprint density at radius 2 is 1.23 bits per heavy atom. The summed E-state index contributed by atoms with van der Waals surface area (Å²) < 4.78 is 0. The lowest BCUT2D eigenvalue weighted by Crippen LogP contribution is -2.47. The maximum absolute atomic E-state index is 12.3. The summed E-state index contributed by atoms with van der Waals surface area (Å²) in [7, 11) is 0. The molecule has 0 heterocycles. The fourth-order valence-electron chi connectivity index (χ4n) is 1.55. The van der Waals surface area contributed by atoms with E-state index < -0.39 is 17.0 Å². The van der Waals surface area contributed by atoms with E-state index in [1.54, 1.807) is 24.3 Å². The van der Waals surface area contributed by atoms with E-state index in [1.807, 2.05) is 41.5 Å². The van der Waals surface area contributed by atoms with E-state index in [-0.39, 0.29) is 11.8 Å². The molecule has 0 spiro atoms. The summed E-state index contributed by atoms with van der Waals surface area (Å²) in [6, 6.07) is 7.05. The number of hydrogen-bond acceptors (Lipinski definition) is 2. The van der Waals surface area contributed by atoms with Gasteiger partial charge in [-0.2, -0.15) is 0 Å². The van der Waals surface area contributed by atoms with E-state index in [9.17, 15) is 9.59 Å². The molecule has 0 aliphatic carbocycles. The quantitative estimate of drug-likeness (QED) is 0.833. The number of amides is 2. The second-order valence-corrected chi connectivity index (χ2v) is 7.87. The van der Waals surface area contributed by atoms with Crippen LogP contribution in [0.4, 0.5) is 0 Å². The van der Waals surface area contributed by atoms with Crippen molar-refractivity contribution in [3.05, 3.63) is 34.9 Å². The monoisotopic (exact) mass is 324 g/mol. The van der Waals surface area contributed by atoms with Crippen LogP contribution in [-0.4, -0.2) is 11.8 Å². The van der Waals surface area contributed by atoms with Crippen LogP contribution in [0, 0.1) is 10.8 Å². The highest BCUT2D eigenvalue weighted by molar-refractivity contribution is 6.30. The molecular weight excluding hydrogens is 300 g/mol. The molecule has 0 saturated carbocycles. The molecule has 0 bridgehead atoms. The summed E-state index contributed by atoms with van der Waals surface area (Å²) in [5.74, 6) is -0.275. The number of hydrogen-bond donors (Lipinski definition) is 2. The second-order valence-electron chi connectivity index (χ2n) is 7.43. The first-order valence-corrected chi connectivity index (χ1v) is 7.66. The molecule has 0 aliphatic rings. The van der Waals surface area contributed by atoms with Gasteiger partial charge in [0, 0.05) is 15.9 Å². The van der Waals surface area contributed by atoms with E-state index >= 15 is 0 Å². The zero-order chi connectivity index (χ0) is 17.1. The minimum absolute atomic E-state index is 0.137. The zero-order valence-electron chi connectivity index (χ0n) is 14.1. The Balaban J connectivity index is 3.02. The maximum Gasteiger partial charge on any atom is 0.227 e. The summed E-state index contributed by atoms with van der Waals surface area (Å²) in [6.45, 7) is 11.0. The van der Waals surface area contributed by atoms with Gasteiger partial charge in [-0.3, -0.25) is 9.59 Å². The first kappa shape index (κ1) is 18.5. The van der Waals surface area contributed by atoms with Crippen molar-refractivity contribution < 1.29 is 9.59 Å². The number of rotatable bonds is 3. The molecule has 0 aliphatic heterocycles. The molecule has 1 rings (SSSR count). The highest BCUT2D eigenvalue weighted by Crippen LogP contribution is 2.21. The van der Waals surface area contributed by atoms with Gasteiger partial charge in [0.2, 0.25) is 11.8 Å². The second kappa shape index (κ2) is 6.69. The SMILES string of the molecule is CC(C)(C)C(=O)NC(NC(=O)C(C)(C)C)c1ccc(Cl)cc1. The van der Waals surface area contributed by atoms with Gasteiger partial charge in [0.25, 0.3) is 0 Å². The van der Waals surface area contributed by atoms with Gasteiger partial charge >= 0.3 is 0 Å². The molecule has 4 nitrogen and oxygen atoms in total. The van der Waals surface area contributed by atoms with E-state index in [0.29, 0.717) is 5.02 Å².